The first kappa shape index (κ1) is 10.6. The lowest BCUT2D eigenvalue weighted by molar-refractivity contribution is 0.918. The van der Waals surface area contributed by atoms with E-state index in [0.717, 1.165) is 11.3 Å². The Morgan fingerprint density at radius 2 is 2.12 bits per heavy atom. The predicted octanol–water partition coefficient (Wildman–Crippen LogP) is 2.23. The SMILES string of the molecule is Cc1cnnc(C#Cc2cccc(Cl)c2)n1. The largest absolute Gasteiger partial charge is 0.226 e. The molecule has 0 atom stereocenters. The second-order valence-electron chi connectivity index (χ2n) is 3.18. The molecule has 2 aromatic rings. The molecule has 3 nitrogen and oxygen atoms in total. The van der Waals surface area contributed by atoms with Gasteiger partial charge in [0.05, 0.1) is 11.9 Å². The summed E-state index contributed by atoms with van der Waals surface area (Å²) >= 11 is 5.84. The van der Waals surface area contributed by atoms with Gasteiger partial charge >= 0.3 is 0 Å². The molecule has 0 saturated heterocycles. The number of nitrogens with zero attached hydrogens (tertiary/aromatic N) is 3. The van der Waals surface area contributed by atoms with Crippen LogP contribution in [-0.2, 0) is 0 Å². The molecule has 0 unspecified atom stereocenters. The highest BCUT2D eigenvalue weighted by Crippen LogP contribution is 2.09. The quantitative estimate of drug-likeness (QED) is 0.651. The Bertz CT molecular complexity index is 520. The molecule has 1 aromatic carbocycles. The van der Waals surface area contributed by atoms with Gasteiger partial charge in [-0.25, -0.2) is 4.98 Å². The molecular weight excluding hydrogens is 222 g/mol. The molecule has 78 valence electrons. The Labute approximate surface area is 98.5 Å². The topological polar surface area (TPSA) is 38.7 Å². The summed E-state index contributed by atoms with van der Waals surface area (Å²) in [4.78, 5) is 4.13. The fraction of sp³-hybridized carbons (Fsp3) is 0.0833. The lowest BCUT2D eigenvalue weighted by Crippen LogP contribution is -1.93. The molecule has 0 aliphatic heterocycles. The molecule has 0 fully saturated rings. The van der Waals surface area contributed by atoms with E-state index in [9.17, 15) is 0 Å². The molecular formula is C12H8ClN3. The molecule has 4 heteroatoms. The first-order valence-electron chi connectivity index (χ1n) is 4.68. The lowest BCUT2D eigenvalue weighted by atomic mass is 10.2. The van der Waals surface area contributed by atoms with Crippen LogP contribution in [0.1, 0.15) is 17.1 Å². The summed E-state index contributed by atoms with van der Waals surface area (Å²) in [5.74, 6) is 6.18. The lowest BCUT2D eigenvalue weighted by Gasteiger charge is -1.91. The van der Waals surface area contributed by atoms with Crippen LogP contribution >= 0.6 is 11.6 Å². The van der Waals surface area contributed by atoms with Crippen molar-refractivity contribution < 1.29 is 0 Å². The smallest absolute Gasteiger partial charge is 0.223 e. The maximum Gasteiger partial charge on any atom is 0.226 e. The second kappa shape index (κ2) is 4.73. The van der Waals surface area contributed by atoms with Gasteiger partial charge in [0.2, 0.25) is 5.82 Å². The summed E-state index contributed by atoms with van der Waals surface area (Å²) in [6, 6.07) is 7.32. The Kier molecular flexibility index (Phi) is 3.13. The second-order valence-corrected chi connectivity index (χ2v) is 3.62. The van der Waals surface area contributed by atoms with E-state index in [1.807, 2.05) is 19.1 Å². The minimum absolute atomic E-state index is 0.417. The average molecular weight is 230 g/mol. The first-order valence-corrected chi connectivity index (χ1v) is 5.06. The molecule has 1 aromatic heterocycles. The fourth-order valence-corrected chi connectivity index (χ4v) is 1.32. The van der Waals surface area contributed by atoms with Crippen LogP contribution in [-0.4, -0.2) is 15.2 Å². The van der Waals surface area contributed by atoms with Crippen LogP contribution in [0.5, 0.6) is 0 Å². The Morgan fingerprint density at radius 3 is 2.88 bits per heavy atom. The van der Waals surface area contributed by atoms with Crippen LogP contribution in [0.25, 0.3) is 0 Å². The van der Waals surface area contributed by atoms with Gasteiger partial charge < -0.3 is 0 Å². The zero-order valence-electron chi connectivity index (χ0n) is 8.61. The van der Waals surface area contributed by atoms with Gasteiger partial charge in [0.1, 0.15) is 0 Å². The number of aryl methyl sites for hydroxylation is 1. The van der Waals surface area contributed by atoms with E-state index in [1.54, 1.807) is 18.3 Å². The number of rotatable bonds is 0. The van der Waals surface area contributed by atoms with Gasteiger partial charge in [0.25, 0.3) is 0 Å². The van der Waals surface area contributed by atoms with Crippen LogP contribution in [0.2, 0.25) is 5.02 Å². The molecule has 0 N–H and O–H groups in total. The zero-order chi connectivity index (χ0) is 11.4. The van der Waals surface area contributed by atoms with Gasteiger partial charge in [-0.05, 0) is 31.0 Å². The summed E-state index contributed by atoms with van der Waals surface area (Å²) in [7, 11) is 0. The van der Waals surface area contributed by atoms with Crippen LogP contribution in [0.3, 0.4) is 0 Å². The molecule has 2 rings (SSSR count). The van der Waals surface area contributed by atoms with E-state index in [0.29, 0.717) is 10.8 Å². The highest BCUT2D eigenvalue weighted by Gasteiger charge is 1.92. The number of benzene rings is 1. The van der Waals surface area contributed by atoms with Gasteiger partial charge in [-0.3, -0.25) is 0 Å². The molecule has 0 radical (unpaired) electrons. The number of halogens is 1. The fourth-order valence-electron chi connectivity index (χ4n) is 1.13. The van der Waals surface area contributed by atoms with Crippen molar-refractivity contribution in [2.75, 3.05) is 0 Å². The molecule has 0 saturated carbocycles. The van der Waals surface area contributed by atoms with Crippen molar-refractivity contribution in [3.05, 3.63) is 52.6 Å². The van der Waals surface area contributed by atoms with Crippen molar-refractivity contribution in [3.8, 4) is 11.8 Å². The number of hydrogen-bond acceptors (Lipinski definition) is 3. The maximum absolute atomic E-state index is 5.84. The third-order valence-electron chi connectivity index (χ3n) is 1.82. The van der Waals surface area contributed by atoms with Crippen LogP contribution in [0, 0.1) is 18.8 Å². The molecule has 0 aliphatic carbocycles. The molecule has 1 heterocycles. The van der Waals surface area contributed by atoms with Crippen molar-refractivity contribution in [2.45, 2.75) is 6.92 Å². The van der Waals surface area contributed by atoms with Gasteiger partial charge in [0.15, 0.2) is 0 Å². The van der Waals surface area contributed by atoms with Crippen LogP contribution in [0.4, 0.5) is 0 Å². The third kappa shape index (κ3) is 2.78. The van der Waals surface area contributed by atoms with Gasteiger partial charge in [-0.15, -0.1) is 5.10 Å². The first-order chi connectivity index (χ1) is 7.74. The number of hydrogen-bond donors (Lipinski definition) is 0. The highest BCUT2D eigenvalue weighted by atomic mass is 35.5. The van der Waals surface area contributed by atoms with E-state index in [-0.39, 0.29) is 0 Å². The Balaban J connectivity index is 2.28. The summed E-state index contributed by atoms with van der Waals surface area (Å²) in [6.45, 7) is 1.85. The Hall–Kier alpha value is -1.92. The monoisotopic (exact) mass is 229 g/mol. The van der Waals surface area contributed by atoms with Gasteiger partial charge in [0, 0.05) is 10.6 Å². The third-order valence-corrected chi connectivity index (χ3v) is 2.06. The maximum atomic E-state index is 5.84. The highest BCUT2D eigenvalue weighted by molar-refractivity contribution is 6.30. The number of aromatic nitrogens is 3. The standard InChI is InChI=1S/C12H8ClN3/c1-9-8-14-16-12(15-9)6-5-10-3-2-4-11(13)7-10/h2-4,7-8H,1H3. The Morgan fingerprint density at radius 1 is 1.25 bits per heavy atom. The predicted molar refractivity (Wildman–Crippen MR) is 62.0 cm³/mol. The normalized spacial score (nSPS) is 9.38. The van der Waals surface area contributed by atoms with Crippen LogP contribution < -0.4 is 0 Å². The van der Waals surface area contributed by atoms with Crippen molar-refractivity contribution in [3.63, 3.8) is 0 Å². The molecule has 0 aliphatic rings. The van der Waals surface area contributed by atoms with Crippen molar-refractivity contribution in [2.24, 2.45) is 0 Å². The van der Waals surface area contributed by atoms with Gasteiger partial charge in [-0.2, -0.15) is 5.10 Å². The van der Waals surface area contributed by atoms with Crippen molar-refractivity contribution in [1.82, 2.24) is 15.2 Å². The summed E-state index contributed by atoms with van der Waals surface area (Å²) in [5, 5.41) is 8.24. The van der Waals surface area contributed by atoms with Gasteiger partial charge in [-0.1, -0.05) is 23.6 Å². The van der Waals surface area contributed by atoms with E-state index in [4.69, 9.17) is 11.6 Å². The van der Waals surface area contributed by atoms with Crippen molar-refractivity contribution in [1.29, 1.82) is 0 Å². The van der Waals surface area contributed by atoms with E-state index >= 15 is 0 Å². The van der Waals surface area contributed by atoms with E-state index < -0.39 is 0 Å². The molecule has 0 spiro atoms. The molecule has 0 bridgehead atoms. The van der Waals surface area contributed by atoms with Crippen LogP contribution in [0.15, 0.2) is 30.5 Å². The molecule has 16 heavy (non-hydrogen) atoms. The summed E-state index contributed by atoms with van der Waals surface area (Å²) in [6.07, 6.45) is 1.59. The minimum atomic E-state index is 0.417. The summed E-state index contributed by atoms with van der Waals surface area (Å²) in [5.41, 5.74) is 1.63. The van der Waals surface area contributed by atoms with E-state index in [1.165, 1.54) is 0 Å². The van der Waals surface area contributed by atoms with Crippen molar-refractivity contribution >= 4 is 11.6 Å². The summed E-state index contributed by atoms with van der Waals surface area (Å²) < 4.78 is 0. The zero-order valence-corrected chi connectivity index (χ0v) is 9.36. The minimum Gasteiger partial charge on any atom is -0.223 e. The van der Waals surface area contributed by atoms with E-state index in [2.05, 4.69) is 27.0 Å². The molecule has 0 amide bonds. The average Bonchev–Trinajstić information content (AvgIpc) is 2.27.